The first-order valence-electron chi connectivity index (χ1n) is 5.03. The molecule has 0 saturated heterocycles. The van der Waals surface area contributed by atoms with Crippen LogP contribution in [0.25, 0.3) is 0 Å². The van der Waals surface area contributed by atoms with E-state index in [0.29, 0.717) is 6.42 Å². The third-order valence-electron chi connectivity index (χ3n) is 2.25. The van der Waals surface area contributed by atoms with Crippen molar-refractivity contribution in [3.8, 4) is 0 Å². The molecule has 0 aromatic carbocycles. The van der Waals surface area contributed by atoms with Crippen LogP contribution in [0.5, 0.6) is 0 Å². The monoisotopic (exact) mass is 183 g/mol. The number of amides is 1. The first kappa shape index (κ1) is 10.2. The fourth-order valence-corrected chi connectivity index (χ4v) is 1.16. The lowest BCUT2D eigenvalue weighted by Gasteiger charge is -2.02. The highest BCUT2D eigenvalue weighted by atomic mass is 16.2. The van der Waals surface area contributed by atoms with E-state index in [1.165, 1.54) is 0 Å². The van der Waals surface area contributed by atoms with Crippen molar-refractivity contribution in [3.63, 3.8) is 0 Å². The van der Waals surface area contributed by atoms with E-state index in [1.807, 2.05) is 6.92 Å². The SMILES string of the molecule is CCCCC(=O)NCC(=O)C1CC1. The number of Topliss-reactive ketones (excluding diaryl/α,β-unsaturated/α-hetero) is 1. The summed E-state index contributed by atoms with van der Waals surface area (Å²) >= 11 is 0. The molecule has 0 aliphatic heterocycles. The standard InChI is InChI=1S/C10H17NO2/c1-2-3-4-10(13)11-7-9(12)8-5-6-8/h8H,2-7H2,1H3,(H,11,13). The zero-order chi connectivity index (χ0) is 9.68. The first-order chi connectivity index (χ1) is 6.24. The Balaban J connectivity index is 2.03. The molecular weight excluding hydrogens is 166 g/mol. The molecule has 13 heavy (non-hydrogen) atoms. The average Bonchev–Trinajstić information content (AvgIpc) is 2.93. The maximum Gasteiger partial charge on any atom is 0.220 e. The molecule has 0 unspecified atom stereocenters. The van der Waals surface area contributed by atoms with Gasteiger partial charge < -0.3 is 5.32 Å². The normalized spacial score (nSPS) is 15.5. The fourth-order valence-electron chi connectivity index (χ4n) is 1.16. The van der Waals surface area contributed by atoms with Gasteiger partial charge in [0.1, 0.15) is 0 Å². The second-order valence-electron chi connectivity index (χ2n) is 3.62. The number of unbranched alkanes of at least 4 members (excludes halogenated alkanes) is 1. The predicted molar refractivity (Wildman–Crippen MR) is 50.3 cm³/mol. The van der Waals surface area contributed by atoms with Crippen molar-refractivity contribution in [1.29, 1.82) is 0 Å². The van der Waals surface area contributed by atoms with Crippen molar-refractivity contribution < 1.29 is 9.59 Å². The van der Waals surface area contributed by atoms with Crippen molar-refractivity contribution in [1.82, 2.24) is 5.32 Å². The number of nitrogens with one attached hydrogen (secondary N) is 1. The van der Waals surface area contributed by atoms with Gasteiger partial charge in [-0.05, 0) is 19.3 Å². The molecule has 3 nitrogen and oxygen atoms in total. The molecule has 1 rings (SSSR count). The number of carbonyl (C=O) groups excluding carboxylic acids is 2. The molecule has 0 bridgehead atoms. The maximum absolute atomic E-state index is 11.2. The smallest absolute Gasteiger partial charge is 0.220 e. The molecule has 1 N–H and O–H groups in total. The summed E-state index contributed by atoms with van der Waals surface area (Å²) in [5, 5.41) is 2.65. The highest BCUT2D eigenvalue weighted by Gasteiger charge is 2.28. The van der Waals surface area contributed by atoms with Gasteiger partial charge in [0.25, 0.3) is 0 Å². The maximum atomic E-state index is 11.2. The second-order valence-corrected chi connectivity index (χ2v) is 3.62. The molecule has 0 aromatic rings. The van der Waals surface area contributed by atoms with Crippen molar-refractivity contribution >= 4 is 11.7 Å². The minimum atomic E-state index is 0.0100. The molecule has 0 aromatic heterocycles. The van der Waals surface area contributed by atoms with Gasteiger partial charge in [-0.15, -0.1) is 0 Å². The molecule has 1 amide bonds. The van der Waals surface area contributed by atoms with Gasteiger partial charge >= 0.3 is 0 Å². The summed E-state index contributed by atoms with van der Waals surface area (Å²) in [6.45, 7) is 2.29. The molecular formula is C10H17NO2. The van der Waals surface area contributed by atoms with Crippen LogP contribution in [0.4, 0.5) is 0 Å². The van der Waals surface area contributed by atoms with Crippen LogP contribution in [0.1, 0.15) is 39.0 Å². The summed E-state index contributed by atoms with van der Waals surface area (Å²) in [6.07, 6.45) is 4.51. The molecule has 1 saturated carbocycles. The van der Waals surface area contributed by atoms with Crippen LogP contribution >= 0.6 is 0 Å². The Kier molecular flexibility index (Phi) is 3.93. The molecule has 1 aliphatic rings. The van der Waals surface area contributed by atoms with Crippen molar-refractivity contribution in [2.75, 3.05) is 6.54 Å². The number of hydrogen-bond donors (Lipinski definition) is 1. The van der Waals surface area contributed by atoms with Crippen LogP contribution in [0.2, 0.25) is 0 Å². The summed E-state index contributed by atoms with van der Waals surface area (Å²) in [6, 6.07) is 0. The summed E-state index contributed by atoms with van der Waals surface area (Å²) in [7, 11) is 0. The molecule has 0 radical (unpaired) electrons. The summed E-state index contributed by atoms with van der Waals surface area (Å²) in [5.41, 5.74) is 0. The van der Waals surface area contributed by atoms with E-state index in [-0.39, 0.29) is 24.2 Å². The van der Waals surface area contributed by atoms with E-state index in [0.717, 1.165) is 25.7 Å². The van der Waals surface area contributed by atoms with Crippen LogP contribution in [-0.2, 0) is 9.59 Å². The molecule has 0 spiro atoms. The fraction of sp³-hybridized carbons (Fsp3) is 0.800. The molecule has 1 fully saturated rings. The molecule has 1 aliphatic carbocycles. The van der Waals surface area contributed by atoms with E-state index in [4.69, 9.17) is 0 Å². The Hall–Kier alpha value is -0.860. The first-order valence-corrected chi connectivity index (χ1v) is 5.03. The highest BCUT2D eigenvalue weighted by molar-refractivity contribution is 5.88. The van der Waals surface area contributed by atoms with Gasteiger partial charge in [-0.2, -0.15) is 0 Å². The third kappa shape index (κ3) is 4.06. The Bertz CT molecular complexity index is 197. The summed E-state index contributed by atoms with van der Waals surface area (Å²) in [5.74, 6) is 0.465. The van der Waals surface area contributed by atoms with Gasteiger partial charge in [0.05, 0.1) is 6.54 Å². The lowest BCUT2D eigenvalue weighted by Crippen LogP contribution is -2.29. The van der Waals surface area contributed by atoms with Crippen LogP contribution in [0.15, 0.2) is 0 Å². The summed E-state index contributed by atoms with van der Waals surface area (Å²) < 4.78 is 0. The number of rotatable bonds is 6. The van der Waals surface area contributed by atoms with Crippen molar-refractivity contribution in [3.05, 3.63) is 0 Å². The van der Waals surface area contributed by atoms with Crippen LogP contribution in [-0.4, -0.2) is 18.2 Å². The van der Waals surface area contributed by atoms with Gasteiger partial charge in [0.2, 0.25) is 5.91 Å². The lowest BCUT2D eigenvalue weighted by molar-refractivity contribution is -0.125. The number of hydrogen-bond acceptors (Lipinski definition) is 2. The van der Waals surface area contributed by atoms with E-state index < -0.39 is 0 Å². The summed E-state index contributed by atoms with van der Waals surface area (Å²) in [4.78, 5) is 22.3. The Morgan fingerprint density at radius 2 is 2.08 bits per heavy atom. The molecule has 74 valence electrons. The quantitative estimate of drug-likeness (QED) is 0.674. The Morgan fingerprint density at radius 3 is 2.62 bits per heavy atom. The Morgan fingerprint density at radius 1 is 1.38 bits per heavy atom. The van der Waals surface area contributed by atoms with E-state index in [9.17, 15) is 9.59 Å². The minimum Gasteiger partial charge on any atom is -0.349 e. The van der Waals surface area contributed by atoms with Crippen molar-refractivity contribution in [2.45, 2.75) is 39.0 Å². The topological polar surface area (TPSA) is 46.2 Å². The molecule has 0 atom stereocenters. The number of carbonyl (C=O) groups is 2. The van der Waals surface area contributed by atoms with Crippen LogP contribution in [0, 0.1) is 5.92 Å². The van der Waals surface area contributed by atoms with Gasteiger partial charge in [-0.3, -0.25) is 9.59 Å². The van der Waals surface area contributed by atoms with Crippen molar-refractivity contribution in [2.24, 2.45) is 5.92 Å². The minimum absolute atomic E-state index is 0.0100. The molecule has 3 heteroatoms. The van der Waals surface area contributed by atoms with Crippen LogP contribution in [0.3, 0.4) is 0 Å². The van der Waals surface area contributed by atoms with E-state index in [2.05, 4.69) is 5.32 Å². The zero-order valence-electron chi connectivity index (χ0n) is 8.14. The van der Waals surface area contributed by atoms with Crippen LogP contribution < -0.4 is 5.32 Å². The molecule has 0 heterocycles. The third-order valence-corrected chi connectivity index (χ3v) is 2.25. The van der Waals surface area contributed by atoms with Gasteiger partial charge in [0.15, 0.2) is 5.78 Å². The highest BCUT2D eigenvalue weighted by Crippen LogP contribution is 2.29. The van der Waals surface area contributed by atoms with E-state index in [1.54, 1.807) is 0 Å². The van der Waals surface area contributed by atoms with Gasteiger partial charge in [-0.1, -0.05) is 13.3 Å². The predicted octanol–water partition coefficient (Wildman–Crippen LogP) is 1.27. The van der Waals surface area contributed by atoms with Gasteiger partial charge in [0, 0.05) is 12.3 Å². The largest absolute Gasteiger partial charge is 0.349 e. The average molecular weight is 183 g/mol. The second kappa shape index (κ2) is 5.00. The van der Waals surface area contributed by atoms with Gasteiger partial charge in [-0.25, -0.2) is 0 Å². The Labute approximate surface area is 78.9 Å². The lowest BCUT2D eigenvalue weighted by atomic mass is 10.2. The number of ketones is 1. The zero-order valence-corrected chi connectivity index (χ0v) is 8.14. The van der Waals surface area contributed by atoms with E-state index >= 15 is 0 Å².